The van der Waals surface area contributed by atoms with Crippen molar-refractivity contribution in [3.05, 3.63) is 29.3 Å². The number of fused-ring (bicyclic) bond motifs is 1. The van der Waals surface area contributed by atoms with E-state index in [1.54, 1.807) is 25.3 Å². The number of aromatic nitrogens is 2. The normalized spacial score (nSPS) is 22.5. The first-order valence-electron chi connectivity index (χ1n) is 9.48. The molecule has 2 aromatic rings. The van der Waals surface area contributed by atoms with E-state index in [0.717, 1.165) is 17.7 Å². The summed E-state index contributed by atoms with van der Waals surface area (Å²) in [7, 11) is 3.47. The van der Waals surface area contributed by atoms with Crippen molar-refractivity contribution in [1.29, 1.82) is 0 Å². The van der Waals surface area contributed by atoms with Gasteiger partial charge in [-0.3, -0.25) is 0 Å². The Labute approximate surface area is 163 Å². The van der Waals surface area contributed by atoms with E-state index in [1.807, 2.05) is 11.9 Å². The van der Waals surface area contributed by atoms with E-state index in [2.05, 4.69) is 15.5 Å². The van der Waals surface area contributed by atoms with Crippen molar-refractivity contribution in [1.82, 2.24) is 15.1 Å². The number of phenols is 1. The summed E-state index contributed by atoms with van der Waals surface area (Å²) in [6.07, 6.45) is 0.270. The summed E-state index contributed by atoms with van der Waals surface area (Å²) in [5, 5.41) is 22.6. The van der Waals surface area contributed by atoms with E-state index >= 15 is 0 Å². The zero-order valence-corrected chi connectivity index (χ0v) is 16.1. The van der Waals surface area contributed by atoms with Crippen LogP contribution in [0.1, 0.15) is 17.5 Å². The van der Waals surface area contributed by atoms with Crippen LogP contribution in [-0.4, -0.2) is 66.3 Å². The molecule has 0 aliphatic carbocycles. The lowest BCUT2D eigenvalue weighted by molar-refractivity contribution is 0.110. The number of anilines is 1. The van der Waals surface area contributed by atoms with Gasteiger partial charge in [-0.15, -0.1) is 10.2 Å². The first kappa shape index (κ1) is 18.9. The van der Waals surface area contributed by atoms with Crippen LogP contribution in [0.2, 0.25) is 0 Å². The number of likely N-dealkylation sites (N-methyl/N-ethyl adjacent to an activating group) is 1. The third-order valence-corrected chi connectivity index (χ3v) is 5.31. The molecule has 0 amide bonds. The molecule has 2 aliphatic heterocycles. The number of nitrogens with one attached hydrogen (secondary N) is 1. The SMILES string of the molecule is COc1ccc(-c2nnc(N[C@@H]3C[C@@H](F)CN(C)C3)c3c2CCOC3)c(O)c1. The highest BCUT2D eigenvalue weighted by Crippen LogP contribution is 2.37. The molecule has 8 heteroatoms. The van der Waals surface area contributed by atoms with Crippen LogP contribution in [0.15, 0.2) is 18.2 Å². The van der Waals surface area contributed by atoms with Crippen LogP contribution in [0.5, 0.6) is 11.5 Å². The monoisotopic (exact) mass is 388 g/mol. The number of halogens is 1. The summed E-state index contributed by atoms with van der Waals surface area (Å²) in [5.41, 5.74) is 3.19. The molecule has 0 bridgehead atoms. The molecule has 1 aromatic carbocycles. The fourth-order valence-electron chi connectivity index (χ4n) is 4.00. The van der Waals surface area contributed by atoms with Crippen LogP contribution in [-0.2, 0) is 17.8 Å². The van der Waals surface area contributed by atoms with Gasteiger partial charge in [0.25, 0.3) is 0 Å². The van der Waals surface area contributed by atoms with Gasteiger partial charge in [0.2, 0.25) is 0 Å². The molecule has 2 N–H and O–H groups in total. The second-order valence-corrected chi connectivity index (χ2v) is 7.44. The Bertz CT molecular complexity index is 854. The third-order valence-electron chi connectivity index (χ3n) is 5.31. The highest BCUT2D eigenvalue weighted by Gasteiger charge is 2.28. The van der Waals surface area contributed by atoms with Crippen LogP contribution in [0, 0.1) is 0 Å². The molecule has 3 heterocycles. The Kier molecular flexibility index (Phi) is 5.32. The summed E-state index contributed by atoms with van der Waals surface area (Å²) in [6, 6.07) is 5.10. The maximum atomic E-state index is 13.9. The van der Waals surface area contributed by atoms with Gasteiger partial charge < -0.3 is 24.8 Å². The van der Waals surface area contributed by atoms with Gasteiger partial charge in [0, 0.05) is 42.7 Å². The molecule has 0 unspecified atom stereocenters. The van der Waals surface area contributed by atoms with Crippen LogP contribution < -0.4 is 10.1 Å². The number of ether oxygens (including phenoxy) is 2. The average molecular weight is 388 g/mol. The number of aromatic hydroxyl groups is 1. The highest BCUT2D eigenvalue weighted by molar-refractivity contribution is 5.73. The number of likely N-dealkylation sites (tertiary alicyclic amines) is 1. The Morgan fingerprint density at radius 1 is 1.29 bits per heavy atom. The predicted octanol–water partition coefficient (Wildman–Crippen LogP) is 2.38. The molecule has 7 nitrogen and oxygen atoms in total. The van der Waals surface area contributed by atoms with E-state index in [9.17, 15) is 9.50 Å². The molecule has 2 atom stereocenters. The Balaban J connectivity index is 1.68. The first-order valence-corrected chi connectivity index (χ1v) is 9.48. The molecular formula is C20H25FN4O3. The standard InChI is InChI=1S/C20H25FN4O3/c1-25-9-12(21)7-13(10-25)22-20-17-11-28-6-5-15(17)19(23-24-20)16-4-3-14(27-2)8-18(16)26/h3-4,8,12-13,26H,5-7,9-11H2,1-2H3,(H,22,24)/t12-,13-/m1/s1. The number of benzene rings is 1. The molecule has 28 heavy (non-hydrogen) atoms. The van der Waals surface area contributed by atoms with Gasteiger partial charge in [-0.05, 0) is 31.2 Å². The van der Waals surface area contributed by atoms with Gasteiger partial charge in [-0.1, -0.05) is 0 Å². The van der Waals surface area contributed by atoms with Crippen molar-refractivity contribution in [3.63, 3.8) is 0 Å². The van der Waals surface area contributed by atoms with Gasteiger partial charge >= 0.3 is 0 Å². The number of rotatable bonds is 4. The van der Waals surface area contributed by atoms with Crippen molar-refractivity contribution < 1.29 is 19.0 Å². The first-order chi connectivity index (χ1) is 13.5. The molecule has 2 aliphatic rings. The van der Waals surface area contributed by atoms with Gasteiger partial charge in [-0.25, -0.2) is 4.39 Å². The number of methoxy groups -OCH3 is 1. The molecule has 1 aromatic heterocycles. The maximum absolute atomic E-state index is 13.9. The number of hydrogen-bond acceptors (Lipinski definition) is 7. The Morgan fingerprint density at radius 3 is 2.89 bits per heavy atom. The molecule has 1 fully saturated rings. The van der Waals surface area contributed by atoms with E-state index in [1.165, 1.54) is 0 Å². The van der Waals surface area contributed by atoms with Gasteiger partial charge in [0.15, 0.2) is 5.82 Å². The van der Waals surface area contributed by atoms with Crippen LogP contribution in [0.4, 0.5) is 10.2 Å². The molecular weight excluding hydrogens is 363 g/mol. The lowest BCUT2D eigenvalue weighted by Crippen LogP contribution is -2.45. The lowest BCUT2D eigenvalue weighted by atomic mass is 9.97. The van der Waals surface area contributed by atoms with Crippen LogP contribution in [0.3, 0.4) is 0 Å². The van der Waals surface area contributed by atoms with Crippen molar-refractivity contribution in [2.24, 2.45) is 0 Å². The molecule has 4 rings (SSSR count). The Morgan fingerprint density at radius 2 is 2.14 bits per heavy atom. The van der Waals surface area contributed by atoms with Gasteiger partial charge in [0.1, 0.15) is 23.4 Å². The summed E-state index contributed by atoms with van der Waals surface area (Å²) in [6.45, 7) is 2.21. The summed E-state index contributed by atoms with van der Waals surface area (Å²) < 4.78 is 24.7. The van der Waals surface area contributed by atoms with Crippen molar-refractivity contribution in [2.45, 2.75) is 31.7 Å². The maximum Gasteiger partial charge on any atom is 0.154 e. The summed E-state index contributed by atoms with van der Waals surface area (Å²) >= 11 is 0. The van der Waals surface area contributed by atoms with E-state index < -0.39 is 6.17 Å². The minimum Gasteiger partial charge on any atom is -0.507 e. The van der Waals surface area contributed by atoms with E-state index in [4.69, 9.17) is 9.47 Å². The number of piperidine rings is 1. The number of phenolic OH excluding ortho intramolecular Hbond substituents is 1. The quantitative estimate of drug-likeness (QED) is 0.832. The van der Waals surface area contributed by atoms with E-state index in [-0.39, 0.29) is 11.8 Å². The van der Waals surface area contributed by atoms with Crippen molar-refractivity contribution in [2.75, 3.05) is 39.2 Å². The summed E-state index contributed by atoms with van der Waals surface area (Å²) in [5.74, 6) is 1.31. The zero-order chi connectivity index (χ0) is 19.7. The minimum absolute atomic E-state index is 0.0330. The fraction of sp³-hybridized carbons (Fsp3) is 0.500. The zero-order valence-electron chi connectivity index (χ0n) is 16.1. The largest absolute Gasteiger partial charge is 0.507 e. The van der Waals surface area contributed by atoms with Crippen molar-refractivity contribution in [3.8, 4) is 22.8 Å². The Hall–Kier alpha value is -2.45. The predicted molar refractivity (Wildman–Crippen MR) is 103 cm³/mol. The third kappa shape index (κ3) is 3.74. The molecule has 0 radical (unpaired) electrons. The van der Waals surface area contributed by atoms with Crippen molar-refractivity contribution >= 4 is 5.82 Å². The number of alkyl halides is 1. The second-order valence-electron chi connectivity index (χ2n) is 7.44. The molecule has 0 spiro atoms. The lowest BCUT2D eigenvalue weighted by Gasteiger charge is -2.33. The van der Waals surface area contributed by atoms with Crippen LogP contribution in [0.25, 0.3) is 11.3 Å². The second kappa shape index (κ2) is 7.89. The number of hydrogen-bond donors (Lipinski definition) is 2. The smallest absolute Gasteiger partial charge is 0.154 e. The summed E-state index contributed by atoms with van der Waals surface area (Å²) in [4.78, 5) is 1.98. The minimum atomic E-state index is -0.855. The van der Waals surface area contributed by atoms with Gasteiger partial charge in [-0.2, -0.15) is 0 Å². The highest BCUT2D eigenvalue weighted by atomic mass is 19.1. The average Bonchev–Trinajstić information content (AvgIpc) is 2.68. The molecule has 150 valence electrons. The number of nitrogens with zero attached hydrogens (tertiary/aromatic N) is 3. The fourth-order valence-corrected chi connectivity index (χ4v) is 4.00. The van der Waals surface area contributed by atoms with Gasteiger partial charge in [0.05, 0.1) is 20.3 Å². The van der Waals surface area contributed by atoms with Crippen LogP contribution >= 0.6 is 0 Å². The molecule has 0 saturated carbocycles. The van der Waals surface area contributed by atoms with E-state index in [0.29, 0.717) is 55.4 Å². The topological polar surface area (TPSA) is 79.7 Å². The molecule has 1 saturated heterocycles.